The smallest absolute Gasteiger partial charge is 0.328 e. The van der Waals surface area contributed by atoms with Crippen LogP contribution in [0, 0.1) is 0 Å². The average Bonchev–Trinajstić information content (AvgIpc) is 2.96. The van der Waals surface area contributed by atoms with E-state index in [9.17, 15) is 9.59 Å². The molecule has 1 aromatic rings. The van der Waals surface area contributed by atoms with Gasteiger partial charge in [-0.25, -0.2) is 4.79 Å². The van der Waals surface area contributed by atoms with Crippen molar-refractivity contribution in [1.82, 2.24) is 14.7 Å². The van der Waals surface area contributed by atoms with Crippen LogP contribution in [-0.4, -0.2) is 45.8 Å². The Morgan fingerprint density at radius 2 is 2.33 bits per heavy atom. The maximum atomic E-state index is 12.2. The molecule has 0 spiro atoms. The molecule has 0 aliphatic carbocycles. The molecule has 2 rings (SSSR count). The van der Waals surface area contributed by atoms with Crippen molar-refractivity contribution >= 4 is 11.9 Å². The van der Waals surface area contributed by atoms with Gasteiger partial charge in [0.25, 0.3) is 5.91 Å². The van der Waals surface area contributed by atoms with Crippen molar-refractivity contribution in [2.24, 2.45) is 7.05 Å². The topological polar surface area (TPSA) is 64.4 Å². The minimum Gasteiger partial charge on any atom is -0.464 e. The van der Waals surface area contributed by atoms with Crippen molar-refractivity contribution in [3.63, 3.8) is 0 Å². The minimum atomic E-state index is -0.447. The van der Waals surface area contributed by atoms with Crippen LogP contribution in [0.1, 0.15) is 30.1 Å². The van der Waals surface area contributed by atoms with Crippen molar-refractivity contribution in [1.29, 1.82) is 0 Å². The molecule has 18 heavy (non-hydrogen) atoms. The Morgan fingerprint density at radius 3 is 2.94 bits per heavy atom. The lowest BCUT2D eigenvalue weighted by Gasteiger charge is -2.22. The summed E-state index contributed by atoms with van der Waals surface area (Å²) >= 11 is 0. The Morgan fingerprint density at radius 1 is 1.56 bits per heavy atom. The zero-order chi connectivity index (χ0) is 13.1. The van der Waals surface area contributed by atoms with Gasteiger partial charge in [0.2, 0.25) is 0 Å². The number of rotatable bonds is 3. The maximum absolute atomic E-state index is 12.2. The molecule has 1 unspecified atom stereocenters. The Bertz CT molecular complexity index is 455. The molecule has 1 aliphatic rings. The lowest BCUT2D eigenvalue weighted by Crippen LogP contribution is -2.41. The SMILES string of the molecule is CCOC(=O)C1CCCN1C(=O)c1cnn(C)c1. The van der Waals surface area contributed by atoms with Gasteiger partial charge in [-0.2, -0.15) is 5.10 Å². The van der Waals surface area contributed by atoms with Gasteiger partial charge in [0.15, 0.2) is 0 Å². The van der Waals surface area contributed by atoms with Gasteiger partial charge in [0.1, 0.15) is 6.04 Å². The molecule has 1 fully saturated rings. The van der Waals surface area contributed by atoms with Crippen LogP contribution in [0.5, 0.6) is 0 Å². The number of aryl methyl sites for hydroxylation is 1. The Hall–Kier alpha value is -1.85. The third-order valence-electron chi connectivity index (χ3n) is 3.02. The number of carbonyl (C=O) groups is 2. The number of esters is 1. The number of hydrogen-bond acceptors (Lipinski definition) is 4. The number of hydrogen-bond donors (Lipinski definition) is 0. The molecule has 1 aliphatic heterocycles. The molecule has 0 saturated carbocycles. The number of ether oxygens (including phenoxy) is 1. The van der Waals surface area contributed by atoms with E-state index in [1.165, 1.54) is 6.20 Å². The first-order chi connectivity index (χ1) is 8.63. The molecule has 2 heterocycles. The van der Waals surface area contributed by atoms with Crippen molar-refractivity contribution in [3.05, 3.63) is 18.0 Å². The predicted molar refractivity (Wildman–Crippen MR) is 63.9 cm³/mol. The third-order valence-corrected chi connectivity index (χ3v) is 3.02. The molecular formula is C12H17N3O3. The summed E-state index contributed by atoms with van der Waals surface area (Å²) in [6, 6.07) is -0.447. The molecule has 0 N–H and O–H groups in total. The third kappa shape index (κ3) is 2.37. The second-order valence-electron chi connectivity index (χ2n) is 4.31. The summed E-state index contributed by atoms with van der Waals surface area (Å²) in [6.45, 7) is 2.70. The van der Waals surface area contributed by atoms with Crippen molar-refractivity contribution < 1.29 is 14.3 Å². The molecule has 6 nitrogen and oxygen atoms in total. The highest BCUT2D eigenvalue weighted by Gasteiger charge is 2.35. The maximum Gasteiger partial charge on any atom is 0.328 e. The van der Waals surface area contributed by atoms with Gasteiger partial charge in [0, 0.05) is 19.8 Å². The highest BCUT2D eigenvalue weighted by Crippen LogP contribution is 2.21. The van der Waals surface area contributed by atoms with E-state index >= 15 is 0 Å². The fourth-order valence-corrected chi connectivity index (χ4v) is 2.19. The second-order valence-corrected chi connectivity index (χ2v) is 4.31. The number of aromatic nitrogens is 2. The molecule has 0 aromatic carbocycles. The largest absolute Gasteiger partial charge is 0.464 e. The zero-order valence-corrected chi connectivity index (χ0v) is 10.6. The molecule has 6 heteroatoms. The van der Waals surface area contributed by atoms with Crippen molar-refractivity contribution in [2.45, 2.75) is 25.8 Å². The highest BCUT2D eigenvalue weighted by atomic mass is 16.5. The molecule has 1 aromatic heterocycles. The van der Waals surface area contributed by atoms with Crippen LogP contribution in [0.25, 0.3) is 0 Å². The van der Waals surface area contributed by atoms with Crippen LogP contribution in [0.15, 0.2) is 12.4 Å². The first kappa shape index (κ1) is 12.6. The molecule has 1 atom stereocenters. The normalized spacial score (nSPS) is 19.0. The standard InChI is InChI=1S/C12H17N3O3/c1-3-18-12(17)10-5-4-6-15(10)11(16)9-7-13-14(2)8-9/h7-8,10H,3-6H2,1-2H3. The summed E-state index contributed by atoms with van der Waals surface area (Å²) in [4.78, 5) is 25.6. The van der Waals surface area contributed by atoms with Gasteiger partial charge in [-0.15, -0.1) is 0 Å². The molecule has 1 saturated heterocycles. The van der Waals surface area contributed by atoms with Crippen LogP contribution in [0.4, 0.5) is 0 Å². The molecule has 0 radical (unpaired) electrons. The Kier molecular flexibility index (Phi) is 3.64. The minimum absolute atomic E-state index is 0.154. The summed E-state index contributed by atoms with van der Waals surface area (Å²) in [5.74, 6) is -0.467. The Balaban J connectivity index is 2.11. The van der Waals surface area contributed by atoms with Crippen LogP contribution >= 0.6 is 0 Å². The number of carbonyl (C=O) groups excluding carboxylic acids is 2. The van der Waals surface area contributed by atoms with E-state index in [4.69, 9.17) is 4.74 Å². The van der Waals surface area contributed by atoms with Crippen LogP contribution in [-0.2, 0) is 16.6 Å². The summed E-state index contributed by atoms with van der Waals surface area (Å²) < 4.78 is 6.57. The van der Waals surface area contributed by atoms with E-state index < -0.39 is 6.04 Å². The number of amides is 1. The van der Waals surface area contributed by atoms with Gasteiger partial charge in [-0.05, 0) is 19.8 Å². The van der Waals surface area contributed by atoms with Gasteiger partial charge in [-0.3, -0.25) is 9.48 Å². The molecule has 1 amide bonds. The average molecular weight is 251 g/mol. The molecular weight excluding hydrogens is 234 g/mol. The van der Waals surface area contributed by atoms with E-state index in [-0.39, 0.29) is 11.9 Å². The van der Waals surface area contributed by atoms with Crippen LogP contribution < -0.4 is 0 Å². The molecule has 0 bridgehead atoms. The van der Waals surface area contributed by atoms with Gasteiger partial charge < -0.3 is 9.64 Å². The Labute approximate surface area is 106 Å². The second kappa shape index (κ2) is 5.20. The lowest BCUT2D eigenvalue weighted by atomic mass is 10.2. The fourth-order valence-electron chi connectivity index (χ4n) is 2.19. The highest BCUT2D eigenvalue weighted by molar-refractivity contribution is 5.96. The van der Waals surface area contributed by atoms with E-state index in [0.717, 1.165) is 6.42 Å². The zero-order valence-electron chi connectivity index (χ0n) is 10.6. The van der Waals surface area contributed by atoms with Crippen LogP contribution in [0.2, 0.25) is 0 Å². The van der Waals surface area contributed by atoms with Gasteiger partial charge in [0.05, 0.1) is 18.4 Å². The van der Waals surface area contributed by atoms with Gasteiger partial charge in [-0.1, -0.05) is 0 Å². The summed E-state index contributed by atoms with van der Waals surface area (Å²) in [7, 11) is 1.75. The first-order valence-corrected chi connectivity index (χ1v) is 6.09. The van der Waals surface area contributed by atoms with Crippen LogP contribution in [0.3, 0.4) is 0 Å². The lowest BCUT2D eigenvalue weighted by molar-refractivity contribution is -0.147. The van der Waals surface area contributed by atoms with Crippen molar-refractivity contribution in [2.75, 3.05) is 13.2 Å². The van der Waals surface area contributed by atoms with Crippen molar-refractivity contribution in [3.8, 4) is 0 Å². The van der Waals surface area contributed by atoms with E-state index in [1.807, 2.05) is 0 Å². The van der Waals surface area contributed by atoms with E-state index in [0.29, 0.717) is 25.1 Å². The van der Waals surface area contributed by atoms with E-state index in [2.05, 4.69) is 5.10 Å². The molecule has 98 valence electrons. The summed E-state index contributed by atoms with van der Waals surface area (Å²) in [6.07, 6.45) is 4.67. The summed E-state index contributed by atoms with van der Waals surface area (Å²) in [5.41, 5.74) is 0.508. The quantitative estimate of drug-likeness (QED) is 0.737. The van der Waals surface area contributed by atoms with E-state index in [1.54, 1.807) is 29.7 Å². The number of nitrogens with zero attached hydrogens (tertiary/aromatic N) is 3. The summed E-state index contributed by atoms with van der Waals surface area (Å²) in [5, 5.41) is 3.97. The predicted octanol–water partition coefficient (Wildman–Crippen LogP) is 0.588. The monoisotopic (exact) mass is 251 g/mol. The fraction of sp³-hybridized carbons (Fsp3) is 0.583. The first-order valence-electron chi connectivity index (χ1n) is 6.09. The van der Waals surface area contributed by atoms with Gasteiger partial charge >= 0.3 is 5.97 Å². The number of likely N-dealkylation sites (tertiary alicyclic amines) is 1.